The van der Waals surface area contributed by atoms with Gasteiger partial charge in [-0.05, 0) is 23.3 Å². The highest BCUT2D eigenvalue weighted by molar-refractivity contribution is 5.98. The lowest BCUT2D eigenvalue weighted by molar-refractivity contribution is -0.127. The number of H-pyrrole nitrogens is 1. The van der Waals surface area contributed by atoms with E-state index < -0.39 is 23.3 Å². The number of nitrogens with two attached hydrogens (primary N) is 1. The summed E-state index contributed by atoms with van der Waals surface area (Å²) in [5, 5.41) is 0. The van der Waals surface area contributed by atoms with Crippen LogP contribution < -0.4 is 31.4 Å². The first kappa shape index (κ1) is 23.0. The highest BCUT2D eigenvalue weighted by Gasteiger charge is 2.34. The number of nitrogen functional groups attached to an aromatic ring is 1. The van der Waals surface area contributed by atoms with Crippen LogP contribution in [0.2, 0.25) is 0 Å². The number of aromatic nitrogens is 2. The molecular weight excluding hydrogens is 460 g/mol. The molecule has 0 aliphatic carbocycles. The molecule has 0 saturated heterocycles. The number of hydrogen-bond acceptors (Lipinski definition) is 6. The van der Waals surface area contributed by atoms with Crippen molar-refractivity contribution in [2.75, 3.05) is 17.2 Å². The topological polar surface area (TPSA) is 120 Å². The van der Waals surface area contributed by atoms with E-state index in [9.17, 15) is 14.4 Å². The molecule has 5 rings (SSSR count). The third-order valence-corrected chi connectivity index (χ3v) is 5.90. The molecule has 9 heteroatoms. The fourth-order valence-corrected chi connectivity index (χ4v) is 4.11. The fraction of sp³-hybridized carbons (Fsp3) is 0.148. The van der Waals surface area contributed by atoms with E-state index in [4.69, 9.17) is 15.2 Å². The van der Waals surface area contributed by atoms with Gasteiger partial charge < -0.3 is 15.2 Å². The molecule has 3 aromatic carbocycles. The minimum atomic E-state index is -1.02. The van der Waals surface area contributed by atoms with Gasteiger partial charge in [0.05, 0.1) is 13.1 Å². The Kier molecular flexibility index (Phi) is 6.27. The van der Waals surface area contributed by atoms with Gasteiger partial charge in [0.25, 0.3) is 11.5 Å². The second kappa shape index (κ2) is 9.83. The van der Waals surface area contributed by atoms with Crippen molar-refractivity contribution in [3.05, 3.63) is 117 Å². The van der Waals surface area contributed by atoms with Crippen molar-refractivity contribution in [2.24, 2.45) is 0 Å². The molecule has 0 spiro atoms. The first-order chi connectivity index (χ1) is 17.5. The van der Waals surface area contributed by atoms with Crippen LogP contribution in [0.1, 0.15) is 11.1 Å². The number of benzene rings is 3. The van der Waals surface area contributed by atoms with Crippen molar-refractivity contribution in [1.82, 2.24) is 9.55 Å². The van der Waals surface area contributed by atoms with Crippen LogP contribution in [0.25, 0.3) is 0 Å². The summed E-state index contributed by atoms with van der Waals surface area (Å²) >= 11 is 0. The molecule has 182 valence electrons. The molecule has 36 heavy (non-hydrogen) atoms. The third kappa shape index (κ3) is 4.58. The summed E-state index contributed by atoms with van der Waals surface area (Å²) in [5.41, 5.74) is 6.44. The number of nitrogens with one attached hydrogen (secondary N) is 1. The number of fused-ring (bicyclic) bond motifs is 1. The highest BCUT2D eigenvalue weighted by atomic mass is 16.6. The normalized spacial score (nSPS) is 14.3. The Morgan fingerprint density at radius 2 is 1.53 bits per heavy atom. The Balaban J connectivity index is 1.57. The van der Waals surface area contributed by atoms with Crippen molar-refractivity contribution in [3.8, 4) is 11.5 Å². The Morgan fingerprint density at radius 1 is 0.917 bits per heavy atom. The molecule has 0 radical (unpaired) electrons. The minimum absolute atomic E-state index is 0.0391. The maximum Gasteiger partial charge on any atom is 0.330 e. The molecule has 3 N–H and O–H groups in total. The number of para-hydroxylation sites is 2. The van der Waals surface area contributed by atoms with Crippen LogP contribution in [0, 0.1) is 0 Å². The van der Waals surface area contributed by atoms with Crippen molar-refractivity contribution < 1.29 is 14.3 Å². The Bertz CT molecular complexity index is 1500. The number of aromatic amines is 1. The number of carbonyl (C=O) groups is 1. The van der Waals surface area contributed by atoms with Crippen molar-refractivity contribution in [2.45, 2.75) is 19.2 Å². The fourth-order valence-electron chi connectivity index (χ4n) is 4.11. The summed E-state index contributed by atoms with van der Waals surface area (Å²) in [6.07, 6.45) is -1.02. The van der Waals surface area contributed by atoms with Crippen molar-refractivity contribution in [3.63, 3.8) is 0 Å². The van der Waals surface area contributed by atoms with E-state index >= 15 is 0 Å². The molecule has 0 fully saturated rings. The standard InChI is InChI=1S/C27H24N4O5/c28-24-23(25(32)29-27(34)31(24)16-19-11-5-2-6-12-19)30(15-18-9-3-1-4-10-18)26(33)22-17-35-20-13-7-8-14-21(20)36-22/h1-14,22H,15-17,28H2,(H,29,32,34)/t22-/m1/s1. The highest BCUT2D eigenvalue weighted by Crippen LogP contribution is 2.32. The van der Waals surface area contributed by atoms with Gasteiger partial charge in [-0.25, -0.2) is 4.79 Å². The third-order valence-electron chi connectivity index (χ3n) is 5.90. The van der Waals surface area contributed by atoms with Crippen molar-refractivity contribution >= 4 is 17.4 Å². The number of nitrogens with zero attached hydrogens (tertiary/aromatic N) is 2. The summed E-state index contributed by atoms with van der Waals surface area (Å²) in [7, 11) is 0. The van der Waals surface area contributed by atoms with Gasteiger partial charge in [-0.1, -0.05) is 72.8 Å². The molecule has 0 unspecified atom stereocenters. The predicted octanol–water partition coefficient (Wildman–Crippen LogP) is 2.54. The predicted molar refractivity (Wildman–Crippen MR) is 135 cm³/mol. The summed E-state index contributed by atoms with van der Waals surface area (Å²) < 4.78 is 12.9. The van der Waals surface area contributed by atoms with E-state index in [0.29, 0.717) is 11.5 Å². The molecule has 1 aliphatic heterocycles. The molecule has 1 aliphatic rings. The second-order valence-electron chi connectivity index (χ2n) is 8.34. The smallest absolute Gasteiger partial charge is 0.330 e. The summed E-state index contributed by atoms with van der Waals surface area (Å²) in [4.78, 5) is 43.1. The lowest BCUT2D eigenvalue weighted by atomic mass is 10.1. The number of rotatable bonds is 6. The average Bonchev–Trinajstić information content (AvgIpc) is 2.91. The number of ether oxygens (including phenoxy) is 2. The molecule has 0 bridgehead atoms. The molecule has 4 aromatic rings. The quantitative estimate of drug-likeness (QED) is 0.434. The monoisotopic (exact) mass is 484 g/mol. The van der Waals surface area contributed by atoms with Crippen LogP contribution in [0.15, 0.2) is 94.5 Å². The van der Waals surface area contributed by atoms with Crippen LogP contribution in [0.3, 0.4) is 0 Å². The van der Waals surface area contributed by atoms with E-state index in [1.54, 1.807) is 18.2 Å². The molecule has 1 atom stereocenters. The zero-order chi connectivity index (χ0) is 25.1. The number of amides is 1. The van der Waals surface area contributed by atoms with Gasteiger partial charge in [0, 0.05) is 0 Å². The van der Waals surface area contributed by atoms with Crippen LogP contribution in [0.5, 0.6) is 11.5 Å². The van der Waals surface area contributed by atoms with E-state index in [1.807, 2.05) is 66.7 Å². The summed E-state index contributed by atoms with van der Waals surface area (Å²) in [6.45, 7) is 0.125. The lowest BCUT2D eigenvalue weighted by Gasteiger charge is -2.31. The van der Waals surface area contributed by atoms with Gasteiger partial charge >= 0.3 is 5.69 Å². The van der Waals surface area contributed by atoms with Gasteiger partial charge in [0.1, 0.15) is 12.4 Å². The zero-order valence-corrected chi connectivity index (χ0v) is 19.3. The first-order valence-electron chi connectivity index (χ1n) is 11.4. The van der Waals surface area contributed by atoms with E-state index in [0.717, 1.165) is 11.1 Å². The molecular formula is C27H24N4O5. The van der Waals surface area contributed by atoms with E-state index in [2.05, 4.69) is 4.98 Å². The molecule has 1 amide bonds. The Morgan fingerprint density at radius 3 is 2.22 bits per heavy atom. The van der Waals surface area contributed by atoms with Gasteiger partial charge in [0.15, 0.2) is 17.2 Å². The lowest BCUT2D eigenvalue weighted by Crippen LogP contribution is -2.49. The molecule has 9 nitrogen and oxygen atoms in total. The summed E-state index contributed by atoms with van der Waals surface area (Å²) in [5.74, 6) is 0.326. The maximum absolute atomic E-state index is 13.8. The van der Waals surface area contributed by atoms with E-state index in [-0.39, 0.29) is 31.2 Å². The van der Waals surface area contributed by atoms with Gasteiger partial charge in [-0.15, -0.1) is 0 Å². The maximum atomic E-state index is 13.8. The second-order valence-corrected chi connectivity index (χ2v) is 8.34. The summed E-state index contributed by atoms with van der Waals surface area (Å²) in [6, 6.07) is 25.4. The first-order valence-corrected chi connectivity index (χ1v) is 11.4. The van der Waals surface area contributed by atoms with Crippen LogP contribution in [-0.2, 0) is 17.9 Å². The van der Waals surface area contributed by atoms with Crippen LogP contribution in [-0.4, -0.2) is 28.2 Å². The number of hydrogen-bond donors (Lipinski definition) is 2. The molecule has 2 heterocycles. The minimum Gasteiger partial charge on any atom is -0.485 e. The van der Waals surface area contributed by atoms with Crippen LogP contribution in [0.4, 0.5) is 11.5 Å². The zero-order valence-electron chi connectivity index (χ0n) is 19.3. The SMILES string of the molecule is Nc1c(N(Cc2ccccc2)C(=O)[C@H]2COc3ccccc3O2)c(=O)[nH]c(=O)n1Cc1ccccc1. The van der Waals surface area contributed by atoms with Crippen molar-refractivity contribution in [1.29, 1.82) is 0 Å². The Hall–Kier alpha value is -4.79. The van der Waals surface area contributed by atoms with Crippen LogP contribution >= 0.6 is 0 Å². The van der Waals surface area contributed by atoms with E-state index in [1.165, 1.54) is 9.47 Å². The van der Waals surface area contributed by atoms with Gasteiger partial charge in [-0.3, -0.25) is 24.0 Å². The number of carbonyl (C=O) groups excluding carboxylic acids is 1. The van der Waals surface area contributed by atoms with Gasteiger partial charge in [-0.2, -0.15) is 0 Å². The molecule has 0 saturated carbocycles. The Labute approximate surface area is 206 Å². The van der Waals surface area contributed by atoms with Gasteiger partial charge in [0.2, 0.25) is 6.10 Å². The average molecular weight is 485 g/mol. The number of anilines is 2. The molecule has 1 aromatic heterocycles. The largest absolute Gasteiger partial charge is 0.485 e.